The molecule has 0 bridgehead atoms. The number of amides is 1. The van der Waals surface area contributed by atoms with Gasteiger partial charge in [-0.05, 0) is 38.8 Å². The van der Waals surface area contributed by atoms with E-state index in [0.717, 1.165) is 62.7 Å². The molecule has 30 heavy (non-hydrogen) atoms. The van der Waals surface area contributed by atoms with Gasteiger partial charge in [0.2, 0.25) is 5.91 Å². The summed E-state index contributed by atoms with van der Waals surface area (Å²) in [6.07, 6.45) is 4.75. The number of carbonyl (C=O) groups excluding carboxylic acids is 1. The lowest BCUT2D eigenvalue weighted by Crippen LogP contribution is -2.44. The molecular formula is C23H37N5O2. The fraction of sp³-hybridized carbons (Fsp3) is 0.565. The largest absolute Gasteiger partial charge is 0.489 e. The highest BCUT2D eigenvalue weighted by Crippen LogP contribution is 2.19. The normalized spacial score (nSPS) is 16.9. The van der Waals surface area contributed by atoms with Crippen molar-refractivity contribution in [3.05, 3.63) is 42.5 Å². The molecule has 0 saturated carbocycles. The number of likely N-dealkylation sites (tertiary alicyclic amines) is 1. The van der Waals surface area contributed by atoms with Gasteiger partial charge in [0.25, 0.3) is 0 Å². The number of aliphatic imine (C=N–C) groups is 1. The average molecular weight is 416 g/mol. The minimum atomic E-state index is 0.0361. The van der Waals surface area contributed by atoms with Crippen LogP contribution < -0.4 is 15.4 Å². The Bertz CT molecular complexity index is 705. The molecular weight excluding hydrogens is 378 g/mol. The Balaban J connectivity index is 1.84. The van der Waals surface area contributed by atoms with Crippen LogP contribution in [0.2, 0.25) is 0 Å². The maximum Gasteiger partial charge on any atom is 0.239 e. The van der Waals surface area contributed by atoms with Gasteiger partial charge in [-0.25, -0.2) is 4.99 Å². The monoisotopic (exact) mass is 415 g/mol. The van der Waals surface area contributed by atoms with Gasteiger partial charge >= 0.3 is 0 Å². The number of hydrogen-bond donors (Lipinski definition) is 2. The number of guanidine groups is 1. The zero-order valence-corrected chi connectivity index (χ0v) is 18.7. The van der Waals surface area contributed by atoms with Crippen LogP contribution in [0.15, 0.2) is 41.9 Å². The van der Waals surface area contributed by atoms with E-state index in [2.05, 4.69) is 29.0 Å². The number of carbonyl (C=O) groups is 1. The van der Waals surface area contributed by atoms with Crippen LogP contribution in [0.25, 0.3) is 0 Å². The second kappa shape index (κ2) is 12.9. The molecule has 7 nitrogen and oxygen atoms in total. The average Bonchev–Trinajstić information content (AvgIpc) is 3.21. The summed E-state index contributed by atoms with van der Waals surface area (Å²) in [5.41, 5.74) is 1.04. The fourth-order valence-electron chi connectivity index (χ4n) is 3.59. The molecule has 1 fully saturated rings. The van der Waals surface area contributed by atoms with E-state index in [1.807, 2.05) is 38.4 Å². The molecule has 1 aliphatic heterocycles. The number of hydrogen-bond acceptors (Lipinski definition) is 4. The summed E-state index contributed by atoms with van der Waals surface area (Å²) in [7, 11) is 3.67. The van der Waals surface area contributed by atoms with Crippen molar-refractivity contribution < 1.29 is 9.53 Å². The first-order valence-electron chi connectivity index (χ1n) is 10.9. The maximum atomic E-state index is 12.3. The predicted molar refractivity (Wildman–Crippen MR) is 123 cm³/mol. The molecule has 2 rings (SSSR count). The van der Waals surface area contributed by atoms with Crippen LogP contribution in [0.3, 0.4) is 0 Å². The van der Waals surface area contributed by atoms with E-state index in [0.29, 0.717) is 13.2 Å². The smallest absolute Gasteiger partial charge is 0.239 e. The number of rotatable bonds is 11. The van der Waals surface area contributed by atoms with Crippen molar-refractivity contribution in [2.45, 2.75) is 38.8 Å². The lowest BCUT2D eigenvalue weighted by molar-refractivity contribution is -0.133. The first-order valence-corrected chi connectivity index (χ1v) is 10.9. The fourth-order valence-corrected chi connectivity index (χ4v) is 3.59. The molecule has 2 N–H and O–H groups in total. The topological polar surface area (TPSA) is 69.2 Å². The lowest BCUT2D eigenvalue weighted by Gasteiger charge is -2.26. The Morgan fingerprint density at radius 3 is 2.90 bits per heavy atom. The molecule has 1 atom stereocenters. The van der Waals surface area contributed by atoms with Gasteiger partial charge in [-0.2, -0.15) is 0 Å². The molecule has 0 aliphatic carbocycles. The van der Waals surface area contributed by atoms with Crippen LogP contribution in [-0.2, 0) is 11.3 Å². The summed E-state index contributed by atoms with van der Waals surface area (Å²) < 4.78 is 5.72. The van der Waals surface area contributed by atoms with Crippen molar-refractivity contribution in [2.24, 2.45) is 4.99 Å². The quantitative estimate of drug-likeness (QED) is 0.251. The molecule has 1 unspecified atom stereocenters. The van der Waals surface area contributed by atoms with Crippen LogP contribution in [0.4, 0.5) is 0 Å². The number of likely N-dealkylation sites (N-methyl/N-ethyl adjacent to an activating group) is 1. The van der Waals surface area contributed by atoms with E-state index in [1.54, 1.807) is 11.0 Å². The Kier molecular flexibility index (Phi) is 10.2. The Morgan fingerprint density at radius 2 is 2.17 bits per heavy atom. The van der Waals surface area contributed by atoms with Crippen molar-refractivity contribution >= 4 is 11.9 Å². The zero-order chi connectivity index (χ0) is 21.8. The van der Waals surface area contributed by atoms with Gasteiger partial charge < -0.3 is 20.3 Å². The molecule has 1 saturated heterocycles. The molecule has 1 heterocycles. The predicted octanol–water partition coefficient (Wildman–Crippen LogP) is 2.25. The zero-order valence-electron chi connectivity index (χ0n) is 18.7. The molecule has 0 aromatic heterocycles. The first kappa shape index (κ1) is 23.7. The van der Waals surface area contributed by atoms with E-state index in [-0.39, 0.29) is 11.9 Å². The van der Waals surface area contributed by atoms with Crippen molar-refractivity contribution in [1.82, 2.24) is 20.4 Å². The second-order valence-corrected chi connectivity index (χ2v) is 7.61. The highest BCUT2D eigenvalue weighted by atomic mass is 16.5. The Hall–Kier alpha value is -2.54. The van der Waals surface area contributed by atoms with Gasteiger partial charge in [-0.15, -0.1) is 0 Å². The minimum Gasteiger partial charge on any atom is -0.489 e. The third-order valence-electron chi connectivity index (χ3n) is 5.09. The summed E-state index contributed by atoms with van der Waals surface area (Å²) in [5.74, 6) is 1.84. The third kappa shape index (κ3) is 7.37. The van der Waals surface area contributed by atoms with Gasteiger partial charge in [-0.1, -0.05) is 30.9 Å². The van der Waals surface area contributed by atoms with Crippen LogP contribution in [0.1, 0.15) is 31.7 Å². The van der Waals surface area contributed by atoms with Gasteiger partial charge in [0.05, 0.1) is 12.6 Å². The Labute approximate surface area is 181 Å². The molecule has 1 aliphatic rings. The van der Waals surface area contributed by atoms with E-state index >= 15 is 0 Å². The third-order valence-corrected chi connectivity index (χ3v) is 5.09. The molecule has 1 aromatic rings. The standard InChI is InChI=1S/C23H37N5O2/c1-5-17-30-21-13-8-7-11-19(21)18-26-23(24-6-2)25-14-10-16-28-15-9-12-20(28)22(29)27(3)4/h5,7-8,11,13,20H,1,6,9-10,12,14-18H2,2-4H3,(H2,24,25,26). The molecule has 1 amide bonds. The van der Waals surface area contributed by atoms with E-state index < -0.39 is 0 Å². The van der Waals surface area contributed by atoms with Gasteiger partial charge in [0.1, 0.15) is 12.4 Å². The SMILES string of the molecule is C=CCOc1ccccc1CN=C(NCC)NCCCN1CCCC1C(=O)N(C)C. The van der Waals surface area contributed by atoms with Crippen molar-refractivity contribution in [1.29, 1.82) is 0 Å². The molecule has 1 aromatic carbocycles. The maximum absolute atomic E-state index is 12.3. The second-order valence-electron chi connectivity index (χ2n) is 7.61. The lowest BCUT2D eigenvalue weighted by atomic mass is 10.2. The highest BCUT2D eigenvalue weighted by Gasteiger charge is 2.30. The number of nitrogens with one attached hydrogen (secondary N) is 2. The van der Waals surface area contributed by atoms with Gasteiger partial charge in [0, 0.05) is 39.3 Å². The number of para-hydroxylation sites is 1. The van der Waals surface area contributed by atoms with Crippen LogP contribution in [0.5, 0.6) is 5.75 Å². The van der Waals surface area contributed by atoms with Crippen LogP contribution in [0, 0.1) is 0 Å². The van der Waals surface area contributed by atoms with Crippen molar-refractivity contribution in [3.63, 3.8) is 0 Å². The van der Waals surface area contributed by atoms with E-state index in [1.165, 1.54) is 0 Å². The Morgan fingerprint density at radius 1 is 1.37 bits per heavy atom. The number of nitrogens with zero attached hydrogens (tertiary/aromatic N) is 3. The molecule has 166 valence electrons. The van der Waals surface area contributed by atoms with Crippen molar-refractivity contribution in [2.75, 3.05) is 46.9 Å². The minimum absolute atomic E-state index is 0.0361. The summed E-state index contributed by atoms with van der Waals surface area (Å²) >= 11 is 0. The summed E-state index contributed by atoms with van der Waals surface area (Å²) in [6, 6.07) is 7.97. The summed E-state index contributed by atoms with van der Waals surface area (Å²) in [6.45, 7) is 10.3. The van der Waals surface area contributed by atoms with Crippen molar-refractivity contribution in [3.8, 4) is 5.75 Å². The van der Waals surface area contributed by atoms with Gasteiger partial charge in [-0.3, -0.25) is 9.69 Å². The van der Waals surface area contributed by atoms with Crippen LogP contribution >= 0.6 is 0 Å². The number of benzene rings is 1. The first-order chi connectivity index (χ1) is 14.6. The van der Waals surface area contributed by atoms with Gasteiger partial charge in [0.15, 0.2) is 5.96 Å². The summed E-state index contributed by atoms with van der Waals surface area (Å²) in [4.78, 5) is 21.0. The molecule has 0 radical (unpaired) electrons. The molecule has 7 heteroatoms. The van der Waals surface area contributed by atoms with E-state index in [4.69, 9.17) is 9.73 Å². The summed E-state index contributed by atoms with van der Waals surface area (Å²) in [5, 5.41) is 6.70. The molecule has 0 spiro atoms. The van der Waals surface area contributed by atoms with Crippen LogP contribution in [-0.4, -0.2) is 74.6 Å². The van der Waals surface area contributed by atoms with E-state index in [9.17, 15) is 4.79 Å². The highest BCUT2D eigenvalue weighted by molar-refractivity contribution is 5.81. The number of ether oxygens (including phenoxy) is 1.